The van der Waals surface area contributed by atoms with Crippen LogP contribution in [0.4, 0.5) is 0 Å². The third-order valence-corrected chi connectivity index (χ3v) is 3.61. The van der Waals surface area contributed by atoms with Crippen molar-refractivity contribution in [1.82, 2.24) is 5.32 Å². The summed E-state index contributed by atoms with van der Waals surface area (Å²) < 4.78 is 0. The zero-order valence-corrected chi connectivity index (χ0v) is 14.4. The monoisotopic (exact) mass is 313 g/mol. The zero-order valence-electron chi connectivity index (χ0n) is 14.4. The molecule has 0 radical (unpaired) electrons. The molecule has 23 heavy (non-hydrogen) atoms. The third kappa shape index (κ3) is 7.42. The maximum Gasteiger partial charge on any atom is 0.0491 e. The van der Waals surface area contributed by atoms with Crippen LogP contribution in [0, 0.1) is 0 Å². The van der Waals surface area contributed by atoms with Crippen molar-refractivity contribution >= 4 is 0 Å². The van der Waals surface area contributed by atoms with E-state index >= 15 is 0 Å². The normalized spacial score (nSPS) is 12.9. The minimum Gasteiger partial charge on any atom is -0.322 e. The van der Waals surface area contributed by atoms with Gasteiger partial charge in [0.2, 0.25) is 0 Å². The van der Waals surface area contributed by atoms with E-state index in [1.165, 1.54) is 25.9 Å². The smallest absolute Gasteiger partial charge is 0.0491 e. The van der Waals surface area contributed by atoms with E-state index in [4.69, 9.17) is 11.5 Å². The van der Waals surface area contributed by atoms with Crippen molar-refractivity contribution in [3.05, 3.63) is 71.8 Å². The highest BCUT2D eigenvalue weighted by Crippen LogP contribution is 2.23. The maximum absolute atomic E-state index is 6.15. The summed E-state index contributed by atoms with van der Waals surface area (Å²) in [6.07, 6.45) is 2.50. The average molecular weight is 313 g/mol. The van der Waals surface area contributed by atoms with Gasteiger partial charge in [0, 0.05) is 12.1 Å². The Kier molecular flexibility index (Phi) is 9.96. The fourth-order valence-electron chi connectivity index (χ4n) is 2.24. The predicted molar refractivity (Wildman–Crippen MR) is 100 cm³/mol. The molecule has 0 spiro atoms. The minimum absolute atomic E-state index is 0.163. The summed E-state index contributed by atoms with van der Waals surface area (Å²) in [5, 5.41) is 3.28. The number of nitrogens with two attached hydrogens (primary N) is 2. The van der Waals surface area contributed by atoms with E-state index in [-0.39, 0.29) is 12.1 Å². The molecule has 126 valence electrons. The maximum atomic E-state index is 6.15. The van der Waals surface area contributed by atoms with Crippen LogP contribution < -0.4 is 16.8 Å². The molecule has 0 heterocycles. The van der Waals surface area contributed by atoms with E-state index in [9.17, 15) is 0 Å². The lowest BCUT2D eigenvalue weighted by Gasteiger charge is -2.20. The van der Waals surface area contributed by atoms with E-state index in [0.717, 1.165) is 11.1 Å². The Balaban J connectivity index is 0.000000322. The second-order valence-corrected chi connectivity index (χ2v) is 5.62. The van der Waals surface area contributed by atoms with Gasteiger partial charge >= 0.3 is 0 Å². The van der Waals surface area contributed by atoms with E-state index in [1.807, 2.05) is 60.7 Å². The van der Waals surface area contributed by atoms with Crippen LogP contribution in [0.25, 0.3) is 0 Å². The first kappa shape index (κ1) is 19.4. The molecule has 0 aromatic heterocycles. The molecule has 0 amide bonds. The molecule has 0 aliphatic heterocycles. The summed E-state index contributed by atoms with van der Waals surface area (Å²) in [7, 11) is 0. The van der Waals surface area contributed by atoms with Crippen molar-refractivity contribution in [2.24, 2.45) is 11.5 Å². The highest BCUT2D eigenvalue weighted by molar-refractivity contribution is 5.26. The fraction of sp³-hybridized carbons (Fsp3) is 0.400. The SMILES string of the molecule is CCCNCCC.N[C@@H](c1ccccc1)[C@@H](N)c1ccccc1. The Morgan fingerprint density at radius 3 is 1.35 bits per heavy atom. The lowest BCUT2D eigenvalue weighted by Crippen LogP contribution is -2.26. The average Bonchev–Trinajstić information content (AvgIpc) is 2.63. The van der Waals surface area contributed by atoms with Crippen LogP contribution >= 0.6 is 0 Å². The summed E-state index contributed by atoms with van der Waals surface area (Å²) in [6.45, 7) is 6.72. The molecular formula is C20H31N3. The summed E-state index contributed by atoms with van der Waals surface area (Å²) >= 11 is 0. The zero-order chi connectivity index (χ0) is 16.9. The van der Waals surface area contributed by atoms with E-state index in [2.05, 4.69) is 19.2 Å². The largest absolute Gasteiger partial charge is 0.322 e. The van der Waals surface area contributed by atoms with E-state index in [1.54, 1.807) is 0 Å². The molecule has 0 bridgehead atoms. The number of nitrogens with one attached hydrogen (secondary N) is 1. The summed E-state index contributed by atoms with van der Waals surface area (Å²) in [6, 6.07) is 19.6. The third-order valence-electron chi connectivity index (χ3n) is 3.61. The molecule has 0 aliphatic rings. The van der Waals surface area contributed by atoms with Gasteiger partial charge in [-0.3, -0.25) is 0 Å². The van der Waals surface area contributed by atoms with Crippen LogP contribution in [0.1, 0.15) is 49.9 Å². The molecule has 3 nitrogen and oxygen atoms in total. The highest BCUT2D eigenvalue weighted by Gasteiger charge is 2.16. The van der Waals surface area contributed by atoms with Crippen LogP contribution in [0.5, 0.6) is 0 Å². The Labute approximate surface area is 141 Å². The van der Waals surface area contributed by atoms with Crippen LogP contribution in [0.3, 0.4) is 0 Å². The summed E-state index contributed by atoms with van der Waals surface area (Å²) in [4.78, 5) is 0. The molecule has 2 rings (SSSR count). The van der Waals surface area contributed by atoms with Crippen molar-refractivity contribution in [2.75, 3.05) is 13.1 Å². The van der Waals surface area contributed by atoms with Crippen molar-refractivity contribution < 1.29 is 0 Å². The molecule has 2 aromatic carbocycles. The molecule has 2 atom stereocenters. The van der Waals surface area contributed by atoms with Gasteiger partial charge in [0.05, 0.1) is 0 Å². The minimum atomic E-state index is -0.163. The predicted octanol–water partition coefficient (Wildman–Crippen LogP) is 3.78. The number of benzene rings is 2. The summed E-state index contributed by atoms with van der Waals surface area (Å²) in [5.41, 5.74) is 14.4. The van der Waals surface area contributed by atoms with Crippen molar-refractivity contribution in [1.29, 1.82) is 0 Å². The van der Waals surface area contributed by atoms with Crippen molar-refractivity contribution in [3.8, 4) is 0 Å². The quantitative estimate of drug-likeness (QED) is 0.682. The molecule has 0 saturated heterocycles. The fourth-order valence-corrected chi connectivity index (χ4v) is 2.24. The van der Waals surface area contributed by atoms with Gasteiger partial charge in [0.1, 0.15) is 0 Å². The molecule has 0 saturated carbocycles. The lowest BCUT2D eigenvalue weighted by molar-refractivity contribution is 0.574. The molecule has 0 aliphatic carbocycles. The van der Waals surface area contributed by atoms with Gasteiger partial charge in [0.15, 0.2) is 0 Å². The first-order valence-corrected chi connectivity index (χ1v) is 8.52. The first-order valence-electron chi connectivity index (χ1n) is 8.52. The van der Waals surface area contributed by atoms with Crippen LogP contribution in [-0.4, -0.2) is 13.1 Å². The number of hydrogen-bond donors (Lipinski definition) is 3. The van der Waals surface area contributed by atoms with Crippen LogP contribution in [0.15, 0.2) is 60.7 Å². The van der Waals surface area contributed by atoms with Gasteiger partial charge in [-0.25, -0.2) is 0 Å². The van der Waals surface area contributed by atoms with Gasteiger partial charge in [-0.15, -0.1) is 0 Å². The molecule has 0 unspecified atom stereocenters. The molecule has 0 fully saturated rings. The Hall–Kier alpha value is -1.68. The summed E-state index contributed by atoms with van der Waals surface area (Å²) in [5.74, 6) is 0. The van der Waals surface area contributed by atoms with Gasteiger partial charge in [-0.1, -0.05) is 74.5 Å². The first-order chi connectivity index (χ1) is 11.2. The van der Waals surface area contributed by atoms with Crippen molar-refractivity contribution in [3.63, 3.8) is 0 Å². The highest BCUT2D eigenvalue weighted by atomic mass is 14.8. The molecular weight excluding hydrogens is 282 g/mol. The van der Waals surface area contributed by atoms with Crippen LogP contribution in [-0.2, 0) is 0 Å². The molecule has 2 aromatic rings. The van der Waals surface area contributed by atoms with Crippen molar-refractivity contribution in [2.45, 2.75) is 38.8 Å². The van der Waals surface area contributed by atoms with E-state index < -0.39 is 0 Å². The number of rotatable bonds is 7. The molecule has 5 N–H and O–H groups in total. The second-order valence-electron chi connectivity index (χ2n) is 5.62. The lowest BCUT2D eigenvalue weighted by atomic mass is 9.95. The standard InChI is InChI=1S/C14H16N2.C6H15N/c15-13(11-7-3-1-4-8-11)14(16)12-9-5-2-6-10-12;1-3-5-7-6-4-2/h1-10,13-14H,15-16H2;7H,3-6H2,1-2H3/t13-,14-;/m0./s1. The second kappa shape index (κ2) is 11.8. The van der Waals surface area contributed by atoms with Gasteiger partial charge < -0.3 is 16.8 Å². The van der Waals surface area contributed by atoms with Gasteiger partial charge in [-0.05, 0) is 37.1 Å². The van der Waals surface area contributed by atoms with Crippen LogP contribution in [0.2, 0.25) is 0 Å². The Morgan fingerprint density at radius 1 is 0.696 bits per heavy atom. The Bertz CT molecular complexity index is 451. The Morgan fingerprint density at radius 2 is 1.04 bits per heavy atom. The topological polar surface area (TPSA) is 64.1 Å². The van der Waals surface area contributed by atoms with Gasteiger partial charge in [0.25, 0.3) is 0 Å². The number of hydrogen-bond acceptors (Lipinski definition) is 3. The van der Waals surface area contributed by atoms with Gasteiger partial charge in [-0.2, -0.15) is 0 Å². The molecule has 3 heteroatoms. The van der Waals surface area contributed by atoms with E-state index in [0.29, 0.717) is 0 Å².